The van der Waals surface area contributed by atoms with Gasteiger partial charge in [-0.05, 0) is 24.3 Å². The van der Waals surface area contributed by atoms with Crippen molar-refractivity contribution in [1.29, 1.82) is 0 Å². The molecule has 8 nitrogen and oxygen atoms in total. The fourth-order valence-electron chi connectivity index (χ4n) is 2.44. The number of hydrogen-bond donors (Lipinski definition) is 2. The number of imidazole rings is 1. The van der Waals surface area contributed by atoms with Crippen molar-refractivity contribution in [3.63, 3.8) is 0 Å². The second-order valence-electron chi connectivity index (χ2n) is 5.30. The molecule has 0 amide bonds. The number of halogens is 3. The average molecular weight is 425 g/mol. The zero-order valence-corrected chi connectivity index (χ0v) is 15.7. The first-order valence-electron chi connectivity index (χ1n) is 7.64. The largest absolute Gasteiger partial charge is 0.320 e. The molecule has 0 spiro atoms. The highest BCUT2D eigenvalue weighted by Crippen LogP contribution is 2.33. The van der Waals surface area contributed by atoms with Crippen LogP contribution < -0.4 is 5.90 Å². The van der Waals surface area contributed by atoms with Crippen LogP contribution in [-0.4, -0.2) is 42.1 Å². The average Bonchev–Trinajstić information content (AvgIpc) is 3.12. The van der Waals surface area contributed by atoms with Gasteiger partial charge in [0.1, 0.15) is 11.4 Å². The van der Waals surface area contributed by atoms with E-state index >= 15 is 0 Å². The van der Waals surface area contributed by atoms with Gasteiger partial charge in [-0.2, -0.15) is 5.10 Å². The molecule has 152 valence electrons. The zero-order valence-electron chi connectivity index (χ0n) is 14.8. The Morgan fingerprint density at radius 1 is 1.24 bits per heavy atom. The molecule has 0 bridgehead atoms. The Kier molecular flexibility index (Phi) is 7.09. The van der Waals surface area contributed by atoms with Crippen LogP contribution in [0.2, 0.25) is 0 Å². The summed E-state index contributed by atoms with van der Waals surface area (Å²) in [5.41, 5.74) is 0.112. The van der Waals surface area contributed by atoms with Crippen LogP contribution in [0.1, 0.15) is 10.6 Å². The first-order chi connectivity index (χ1) is 13.8. The molecule has 1 unspecified atom stereocenters. The molecule has 0 saturated heterocycles. The minimum Gasteiger partial charge on any atom is -0.320 e. The lowest BCUT2D eigenvalue weighted by molar-refractivity contribution is 0.107. The van der Waals surface area contributed by atoms with Crippen LogP contribution in [0.3, 0.4) is 0 Å². The molecule has 2 aromatic heterocycles. The van der Waals surface area contributed by atoms with E-state index in [9.17, 15) is 22.2 Å². The summed E-state index contributed by atoms with van der Waals surface area (Å²) in [5, 5.41) is 9.29. The number of nitrogens with zero attached hydrogens (tertiary/aromatic N) is 4. The quantitative estimate of drug-likeness (QED) is 0.376. The molecule has 12 heteroatoms. The molecular formula is C17H14F3N5O3S. The Labute approximate surface area is 164 Å². The lowest BCUT2D eigenvalue weighted by Crippen LogP contribution is -2.12. The first-order valence-corrected chi connectivity index (χ1v) is 9.20. The Morgan fingerprint density at radius 3 is 2.34 bits per heavy atom. The van der Waals surface area contributed by atoms with Gasteiger partial charge in [-0.15, -0.1) is 0 Å². The van der Waals surface area contributed by atoms with Gasteiger partial charge in [-0.1, -0.05) is 6.07 Å². The van der Waals surface area contributed by atoms with Crippen LogP contribution in [0.15, 0.2) is 41.6 Å². The van der Waals surface area contributed by atoms with Crippen molar-refractivity contribution in [2.75, 3.05) is 6.26 Å². The van der Waals surface area contributed by atoms with E-state index in [1.807, 2.05) is 0 Å². The molecule has 29 heavy (non-hydrogen) atoms. The molecule has 0 aliphatic rings. The number of pyridine rings is 1. The predicted octanol–water partition coefficient (Wildman–Crippen LogP) is 2.35. The summed E-state index contributed by atoms with van der Waals surface area (Å²) in [7, 11) is -1.93. The van der Waals surface area contributed by atoms with Gasteiger partial charge in [0.25, 0.3) is 5.12 Å². The molecule has 2 heterocycles. The van der Waals surface area contributed by atoms with E-state index in [-0.39, 0.29) is 28.5 Å². The smallest absolute Gasteiger partial charge is 0.286 e. The first kappa shape index (κ1) is 22.1. The van der Waals surface area contributed by atoms with Gasteiger partial charge < -0.3 is 5.21 Å². The molecule has 0 fully saturated rings. The number of carbonyl (C=O) groups excluding carboxylic acids is 1. The minimum atomic E-state index is -1.93. The van der Waals surface area contributed by atoms with E-state index < -0.39 is 33.4 Å². The third-order valence-corrected chi connectivity index (χ3v) is 4.31. The highest BCUT2D eigenvalue weighted by Gasteiger charge is 2.27. The monoisotopic (exact) mass is 425 g/mol. The van der Waals surface area contributed by atoms with Crippen LogP contribution in [-0.2, 0) is 10.8 Å². The molecule has 0 radical (unpaired) electrons. The second-order valence-corrected chi connectivity index (χ2v) is 6.58. The van der Waals surface area contributed by atoms with E-state index in [1.165, 1.54) is 6.20 Å². The third-order valence-electron chi connectivity index (χ3n) is 3.60. The van der Waals surface area contributed by atoms with Gasteiger partial charge in [0.05, 0.1) is 16.5 Å². The second kappa shape index (κ2) is 9.32. The van der Waals surface area contributed by atoms with Crippen molar-refractivity contribution in [2.24, 2.45) is 11.0 Å². The Balaban J connectivity index is 0.00000145. The molecule has 1 aromatic carbocycles. The molecule has 0 saturated carbocycles. The number of hydrogen-bond acceptors (Lipinski definition) is 7. The maximum absolute atomic E-state index is 13.8. The number of carbonyl (C=O) groups is 1. The highest BCUT2D eigenvalue weighted by atomic mass is 32.2. The Hall–Kier alpha value is -3.22. The molecule has 3 aromatic rings. The molecular weight excluding hydrogens is 411 g/mol. The maximum atomic E-state index is 13.8. The molecule has 0 aliphatic carbocycles. The van der Waals surface area contributed by atoms with Gasteiger partial charge in [-0.25, -0.2) is 28.7 Å². The van der Waals surface area contributed by atoms with Crippen molar-refractivity contribution in [3.8, 4) is 22.6 Å². The number of rotatable bonds is 4. The lowest BCUT2D eigenvalue weighted by Gasteiger charge is -2.08. The molecule has 0 aliphatic heterocycles. The molecule has 1 atom stereocenters. The van der Waals surface area contributed by atoms with Crippen molar-refractivity contribution >= 4 is 22.6 Å². The molecule has 3 rings (SSSR count). The Bertz CT molecular complexity index is 1070. The van der Waals surface area contributed by atoms with Crippen LogP contribution in [0, 0.1) is 17.5 Å². The van der Waals surface area contributed by atoms with Gasteiger partial charge in [-0.3, -0.25) is 14.0 Å². The summed E-state index contributed by atoms with van der Waals surface area (Å²) in [6.45, 7) is 3.33. The number of nitrogens with two attached hydrogens (primary N) is 1. The van der Waals surface area contributed by atoms with Crippen molar-refractivity contribution in [3.05, 3.63) is 59.8 Å². The fraction of sp³-hybridized carbons (Fsp3) is 0.0588. The summed E-state index contributed by atoms with van der Waals surface area (Å²) >= 11 is 0. The van der Waals surface area contributed by atoms with E-state index in [4.69, 9.17) is 5.21 Å². The van der Waals surface area contributed by atoms with Crippen LogP contribution in [0.5, 0.6) is 0 Å². The van der Waals surface area contributed by atoms with Crippen LogP contribution >= 0.6 is 0 Å². The maximum Gasteiger partial charge on any atom is 0.286 e. The number of benzene rings is 1. The predicted molar refractivity (Wildman–Crippen MR) is 100 cm³/mol. The van der Waals surface area contributed by atoms with Crippen molar-refractivity contribution in [1.82, 2.24) is 14.6 Å². The third kappa shape index (κ3) is 4.29. The van der Waals surface area contributed by atoms with Gasteiger partial charge in [0.15, 0.2) is 17.5 Å². The van der Waals surface area contributed by atoms with Gasteiger partial charge >= 0.3 is 0 Å². The van der Waals surface area contributed by atoms with E-state index in [2.05, 4.69) is 27.7 Å². The summed E-state index contributed by atoms with van der Waals surface area (Å²) in [6.07, 6.45) is 2.60. The zero-order chi connectivity index (χ0) is 21.7. The Morgan fingerprint density at radius 2 is 1.86 bits per heavy atom. The fourth-order valence-corrected chi connectivity index (χ4v) is 2.83. The summed E-state index contributed by atoms with van der Waals surface area (Å²) in [4.78, 5) is 20.5. The van der Waals surface area contributed by atoms with Crippen molar-refractivity contribution in [2.45, 2.75) is 0 Å². The minimum absolute atomic E-state index is 0.0437. The highest BCUT2D eigenvalue weighted by molar-refractivity contribution is 8.00. The lowest BCUT2D eigenvalue weighted by atomic mass is 10.1. The topological polar surface area (TPSA) is 123 Å². The van der Waals surface area contributed by atoms with E-state index in [0.717, 1.165) is 23.1 Å². The van der Waals surface area contributed by atoms with Crippen LogP contribution in [0.25, 0.3) is 22.6 Å². The summed E-state index contributed by atoms with van der Waals surface area (Å²) in [6, 6.07) is 6.29. The SMILES string of the molecule is C=Nn1c(C(=O)S(C)=O)nc(-c2ccccn2)c1-c1cc(F)c(F)c(F)c1.NO. The van der Waals surface area contributed by atoms with Crippen LogP contribution in [0.4, 0.5) is 13.2 Å². The van der Waals surface area contributed by atoms with Gasteiger partial charge in [0.2, 0.25) is 5.82 Å². The summed E-state index contributed by atoms with van der Waals surface area (Å²) < 4.78 is 53.4. The summed E-state index contributed by atoms with van der Waals surface area (Å²) in [5.74, 6) is -1.35. The standard InChI is InChI=1S/C17H11F3N4O2S.H3NO/c1-21-24-15(9-7-10(18)13(20)11(19)8-9)14(12-5-3-4-6-22-12)23-16(24)17(25)27(2)26;1-2/h3-8H,1H2,2H3;2H,1H2. The molecule has 3 N–H and O–H groups in total. The van der Waals surface area contributed by atoms with Crippen molar-refractivity contribution < 1.29 is 27.4 Å². The van der Waals surface area contributed by atoms with Gasteiger partial charge in [0, 0.05) is 24.7 Å². The number of aromatic nitrogens is 3. The van der Waals surface area contributed by atoms with E-state index in [0.29, 0.717) is 0 Å². The normalized spacial score (nSPS) is 11.4. The van der Waals surface area contributed by atoms with E-state index in [1.54, 1.807) is 18.2 Å².